The van der Waals surface area contributed by atoms with E-state index in [1.165, 1.54) is 0 Å². The van der Waals surface area contributed by atoms with Gasteiger partial charge in [-0.15, -0.1) is 0 Å². The summed E-state index contributed by atoms with van der Waals surface area (Å²) in [6.45, 7) is 0.660. The van der Waals surface area contributed by atoms with Crippen molar-refractivity contribution in [2.45, 2.75) is 18.9 Å². The van der Waals surface area contributed by atoms with Crippen LogP contribution in [0.15, 0.2) is 18.2 Å². The Bertz CT molecular complexity index is 678. The van der Waals surface area contributed by atoms with Crippen molar-refractivity contribution in [3.63, 3.8) is 0 Å². The minimum absolute atomic E-state index is 0.149. The molecule has 1 aromatic carbocycles. The number of nitrogens with one attached hydrogen (secondary N) is 3. The van der Waals surface area contributed by atoms with E-state index in [4.69, 9.17) is 5.73 Å². The second-order valence-corrected chi connectivity index (χ2v) is 4.84. The molecule has 1 aliphatic rings. The van der Waals surface area contributed by atoms with Gasteiger partial charge in [0.1, 0.15) is 6.04 Å². The fraction of sp³-hybridized carbons (Fsp3) is 0.308. The van der Waals surface area contributed by atoms with E-state index in [0.29, 0.717) is 24.0 Å². The Labute approximate surface area is 114 Å². The molecule has 20 heavy (non-hydrogen) atoms. The highest BCUT2D eigenvalue weighted by Crippen LogP contribution is 2.19. The molecule has 0 spiro atoms. The molecule has 3 rings (SSSR count). The van der Waals surface area contributed by atoms with Crippen LogP contribution in [-0.2, 0) is 4.79 Å². The van der Waals surface area contributed by atoms with Crippen LogP contribution < -0.4 is 16.4 Å². The van der Waals surface area contributed by atoms with Gasteiger partial charge in [0, 0.05) is 17.6 Å². The zero-order valence-electron chi connectivity index (χ0n) is 10.8. The Morgan fingerprint density at radius 3 is 3.10 bits per heavy atom. The number of nitrogens with zero attached hydrogens (tertiary/aromatic N) is 1. The number of nitrogen functional groups attached to an aromatic ring is 1. The number of carbonyl (C=O) groups excluding carboxylic acids is 2. The third kappa shape index (κ3) is 2.18. The maximum absolute atomic E-state index is 12.2. The predicted molar refractivity (Wildman–Crippen MR) is 74.0 cm³/mol. The molecule has 1 unspecified atom stereocenters. The van der Waals surface area contributed by atoms with Gasteiger partial charge in [-0.2, -0.15) is 5.10 Å². The van der Waals surface area contributed by atoms with Gasteiger partial charge in [0.2, 0.25) is 5.91 Å². The van der Waals surface area contributed by atoms with Crippen LogP contribution in [0.3, 0.4) is 0 Å². The number of hydrogen-bond donors (Lipinski definition) is 4. The maximum atomic E-state index is 12.2. The largest absolute Gasteiger partial charge is 0.399 e. The van der Waals surface area contributed by atoms with Crippen LogP contribution in [0.4, 0.5) is 5.69 Å². The van der Waals surface area contributed by atoms with Gasteiger partial charge < -0.3 is 16.4 Å². The zero-order chi connectivity index (χ0) is 14.1. The van der Waals surface area contributed by atoms with E-state index in [1.807, 2.05) is 0 Å². The molecule has 5 N–H and O–H groups in total. The lowest BCUT2D eigenvalue weighted by Crippen LogP contribution is -2.50. The molecule has 0 bridgehead atoms. The molecular weight excluding hydrogens is 258 g/mol. The highest BCUT2D eigenvalue weighted by Gasteiger charge is 2.25. The number of nitrogens with two attached hydrogens (primary N) is 1. The monoisotopic (exact) mass is 273 g/mol. The number of fused-ring (bicyclic) bond motifs is 1. The molecule has 7 nitrogen and oxygen atoms in total. The molecule has 104 valence electrons. The summed E-state index contributed by atoms with van der Waals surface area (Å²) in [6.07, 6.45) is 1.49. The van der Waals surface area contributed by atoms with E-state index in [0.717, 1.165) is 11.9 Å². The van der Waals surface area contributed by atoms with Gasteiger partial charge in [-0.25, -0.2) is 0 Å². The SMILES string of the molecule is Nc1ccc2[nH]nc(C(=O)NC3CCCNC3=O)c2c1. The Balaban J connectivity index is 1.85. The van der Waals surface area contributed by atoms with E-state index < -0.39 is 6.04 Å². The third-order valence-electron chi connectivity index (χ3n) is 3.39. The van der Waals surface area contributed by atoms with Crippen molar-refractivity contribution in [3.05, 3.63) is 23.9 Å². The average molecular weight is 273 g/mol. The van der Waals surface area contributed by atoms with Gasteiger partial charge in [-0.05, 0) is 31.0 Å². The minimum Gasteiger partial charge on any atom is -0.399 e. The highest BCUT2D eigenvalue weighted by atomic mass is 16.2. The fourth-order valence-corrected chi connectivity index (χ4v) is 2.34. The van der Waals surface area contributed by atoms with E-state index >= 15 is 0 Å². The minimum atomic E-state index is -0.496. The molecule has 2 aromatic rings. The molecule has 0 aliphatic carbocycles. The number of amides is 2. The first-order chi connectivity index (χ1) is 9.65. The molecule has 2 heterocycles. The van der Waals surface area contributed by atoms with E-state index in [1.54, 1.807) is 18.2 Å². The van der Waals surface area contributed by atoms with Crippen LogP contribution in [0.5, 0.6) is 0 Å². The van der Waals surface area contributed by atoms with Crippen molar-refractivity contribution in [1.29, 1.82) is 0 Å². The summed E-state index contributed by atoms with van der Waals surface area (Å²) >= 11 is 0. The number of aromatic nitrogens is 2. The predicted octanol–water partition coefficient (Wildman–Crippen LogP) is 0.153. The second kappa shape index (κ2) is 4.84. The van der Waals surface area contributed by atoms with E-state index in [2.05, 4.69) is 20.8 Å². The normalized spacial score (nSPS) is 18.8. The lowest BCUT2D eigenvalue weighted by Gasteiger charge is -2.22. The molecule has 1 fully saturated rings. The molecule has 1 saturated heterocycles. The first-order valence-electron chi connectivity index (χ1n) is 6.47. The summed E-state index contributed by atoms with van der Waals surface area (Å²) in [5, 5.41) is 12.9. The summed E-state index contributed by atoms with van der Waals surface area (Å²) in [6, 6.07) is 4.69. The summed E-state index contributed by atoms with van der Waals surface area (Å²) in [5.41, 5.74) is 7.27. The van der Waals surface area contributed by atoms with Crippen LogP contribution in [-0.4, -0.2) is 34.6 Å². The number of benzene rings is 1. The van der Waals surface area contributed by atoms with Crippen LogP contribution in [0.25, 0.3) is 10.9 Å². The molecule has 1 aliphatic heterocycles. The van der Waals surface area contributed by atoms with Crippen LogP contribution in [0, 0.1) is 0 Å². The Kier molecular flexibility index (Phi) is 3.02. The molecule has 7 heteroatoms. The van der Waals surface area contributed by atoms with Gasteiger partial charge in [0.05, 0.1) is 5.52 Å². The lowest BCUT2D eigenvalue weighted by atomic mass is 10.1. The molecule has 1 aromatic heterocycles. The summed E-state index contributed by atoms with van der Waals surface area (Å²) in [5.74, 6) is -0.521. The first kappa shape index (κ1) is 12.5. The average Bonchev–Trinajstić information content (AvgIpc) is 2.84. The van der Waals surface area contributed by atoms with Crippen molar-refractivity contribution < 1.29 is 9.59 Å². The highest BCUT2D eigenvalue weighted by molar-refractivity contribution is 6.06. The van der Waals surface area contributed by atoms with Gasteiger partial charge >= 0.3 is 0 Å². The van der Waals surface area contributed by atoms with Crippen molar-refractivity contribution in [3.8, 4) is 0 Å². The Morgan fingerprint density at radius 2 is 2.30 bits per heavy atom. The van der Waals surface area contributed by atoms with E-state index in [-0.39, 0.29) is 17.5 Å². The Hall–Kier alpha value is -2.57. The standard InChI is InChI=1S/C13H15N5O2/c14-7-3-4-9-8(6-7)11(18-17-9)13(20)16-10-2-1-5-15-12(10)19/h3-4,6,10H,1-2,5,14H2,(H,15,19)(H,16,20)(H,17,18). The fourth-order valence-electron chi connectivity index (χ4n) is 2.34. The van der Waals surface area contributed by atoms with Crippen molar-refractivity contribution >= 4 is 28.4 Å². The number of aromatic amines is 1. The number of H-pyrrole nitrogens is 1. The topological polar surface area (TPSA) is 113 Å². The number of carbonyl (C=O) groups is 2. The maximum Gasteiger partial charge on any atom is 0.273 e. The molecule has 0 radical (unpaired) electrons. The van der Waals surface area contributed by atoms with Crippen molar-refractivity contribution in [1.82, 2.24) is 20.8 Å². The van der Waals surface area contributed by atoms with Gasteiger partial charge in [-0.1, -0.05) is 0 Å². The molecule has 2 amide bonds. The van der Waals surface area contributed by atoms with Crippen LogP contribution in [0.1, 0.15) is 23.3 Å². The number of piperidine rings is 1. The first-order valence-corrected chi connectivity index (χ1v) is 6.47. The Morgan fingerprint density at radius 1 is 1.45 bits per heavy atom. The van der Waals surface area contributed by atoms with Gasteiger partial charge in [-0.3, -0.25) is 14.7 Å². The molecular formula is C13H15N5O2. The second-order valence-electron chi connectivity index (χ2n) is 4.84. The zero-order valence-corrected chi connectivity index (χ0v) is 10.8. The van der Waals surface area contributed by atoms with Gasteiger partial charge in [0.25, 0.3) is 5.91 Å². The van der Waals surface area contributed by atoms with Crippen LogP contribution in [0.2, 0.25) is 0 Å². The molecule has 1 atom stereocenters. The number of anilines is 1. The van der Waals surface area contributed by atoms with Crippen LogP contribution >= 0.6 is 0 Å². The molecule has 0 saturated carbocycles. The lowest BCUT2D eigenvalue weighted by molar-refractivity contribution is -0.124. The summed E-state index contributed by atoms with van der Waals surface area (Å²) in [4.78, 5) is 23.9. The summed E-state index contributed by atoms with van der Waals surface area (Å²) in [7, 11) is 0. The van der Waals surface area contributed by atoms with Crippen molar-refractivity contribution in [2.75, 3.05) is 12.3 Å². The van der Waals surface area contributed by atoms with Crippen molar-refractivity contribution in [2.24, 2.45) is 0 Å². The quantitative estimate of drug-likeness (QED) is 0.583. The van der Waals surface area contributed by atoms with E-state index in [9.17, 15) is 9.59 Å². The number of rotatable bonds is 2. The summed E-state index contributed by atoms with van der Waals surface area (Å²) < 4.78 is 0. The third-order valence-corrected chi connectivity index (χ3v) is 3.39. The smallest absolute Gasteiger partial charge is 0.273 e. The van der Waals surface area contributed by atoms with Gasteiger partial charge in [0.15, 0.2) is 5.69 Å². The number of hydrogen-bond acceptors (Lipinski definition) is 4.